The normalized spacial score (nSPS) is 10.8. The number of nitrogens with zero attached hydrogens (tertiary/aromatic N) is 3. The van der Waals surface area contributed by atoms with Gasteiger partial charge in [0.15, 0.2) is 5.65 Å². The minimum absolute atomic E-state index is 0.815. The van der Waals surface area contributed by atoms with E-state index in [1.165, 1.54) is 0 Å². The SMILES string of the molecule is CCC[CH]n1cnc2ncccc21. The van der Waals surface area contributed by atoms with E-state index in [1.807, 2.05) is 23.0 Å². The van der Waals surface area contributed by atoms with Gasteiger partial charge in [0.25, 0.3) is 0 Å². The molecule has 0 atom stereocenters. The summed E-state index contributed by atoms with van der Waals surface area (Å²) in [6.45, 7) is 4.30. The second-order valence-electron chi connectivity index (χ2n) is 2.97. The molecule has 3 nitrogen and oxygen atoms in total. The van der Waals surface area contributed by atoms with Gasteiger partial charge >= 0.3 is 0 Å². The van der Waals surface area contributed by atoms with Gasteiger partial charge in [-0.1, -0.05) is 13.3 Å². The van der Waals surface area contributed by atoms with E-state index in [0.29, 0.717) is 0 Å². The highest BCUT2D eigenvalue weighted by molar-refractivity contribution is 5.70. The van der Waals surface area contributed by atoms with Gasteiger partial charge in [-0.05, 0) is 18.6 Å². The number of rotatable bonds is 3. The number of unbranched alkanes of at least 4 members (excludes halogenated alkanes) is 1. The van der Waals surface area contributed by atoms with Crippen LogP contribution in [0.2, 0.25) is 0 Å². The Kier molecular flexibility index (Phi) is 2.25. The number of pyridine rings is 1. The highest BCUT2D eigenvalue weighted by Crippen LogP contribution is 2.10. The summed E-state index contributed by atoms with van der Waals surface area (Å²) in [4.78, 5) is 8.35. The van der Waals surface area contributed by atoms with Gasteiger partial charge < -0.3 is 4.57 Å². The van der Waals surface area contributed by atoms with Gasteiger partial charge in [-0.25, -0.2) is 9.97 Å². The van der Waals surface area contributed by atoms with E-state index < -0.39 is 0 Å². The second-order valence-corrected chi connectivity index (χ2v) is 2.97. The Morgan fingerprint density at radius 3 is 3.23 bits per heavy atom. The first-order valence-corrected chi connectivity index (χ1v) is 4.52. The van der Waals surface area contributed by atoms with Crippen LogP contribution in [0.5, 0.6) is 0 Å². The molecule has 0 aliphatic heterocycles. The van der Waals surface area contributed by atoms with Crippen LogP contribution in [0.3, 0.4) is 0 Å². The van der Waals surface area contributed by atoms with Crippen LogP contribution in [0.1, 0.15) is 19.8 Å². The summed E-state index contributed by atoms with van der Waals surface area (Å²) in [5.41, 5.74) is 1.89. The number of fused-ring (bicyclic) bond motifs is 1. The molecule has 0 saturated heterocycles. The number of hydrogen-bond donors (Lipinski definition) is 0. The second kappa shape index (κ2) is 3.56. The zero-order chi connectivity index (χ0) is 9.10. The molecule has 0 fully saturated rings. The van der Waals surface area contributed by atoms with E-state index >= 15 is 0 Å². The van der Waals surface area contributed by atoms with Gasteiger partial charge in [0.1, 0.15) is 0 Å². The zero-order valence-electron chi connectivity index (χ0n) is 7.64. The molecule has 2 aromatic rings. The van der Waals surface area contributed by atoms with Crippen molar-refractivity contribution in [2.24, 2.45) is 0 Å². The molecule has 0 bridgehead atoms. The van der Waals surface area contributed by atoms with Gasteiger partial charge in [-0.3, -0.25) is 0 Å². The molecule has 0 saturated carbocycles. The number of aromatic nitrogens is 3. The Labute approximate surface area is 77.4 Å². The Bertz CT molecular complexity index is 392. The van der Waals surface area contributed by atoms with Gasteiger partial charge in [0.2, 0.25) is 0 Å². The van der Waals surface area contributed by atoms with Crippen LogP contribution in [0, 0.1) is 6.54 Å². The van der Waals surface area contributed by atoms with Crippen molar-refractivity contribution in [3.63, 3.8) is 0 Å². The van der Waals surface area contributed by atoms with Crippen molar-refractivity contribution in [2.75, 3.05) is 0 Å². The Morgan fingerprint density at radius 1 is 1.46 bits per heavy atom. The molecule has 0 aromatic carbocycles. The van der Waals surface area contributed by atoms with Crippen molar-refractivity contribution in [1.82, 2.24) is 14.5 Å². The van der Waals surface area contributed by atoms with Crippen molar-refractivity contribution < 1.29 is 0 Å². The molecule has 0 unspecified atom stereocenters. The van der Waals surface area contributed by atoms with Gasteiger partial charge in [0.05, 0.1) is 18.4 Å². The summed E-state index contributed by atoms with van der Waals surface area (Å²) in [5.74, 6) is 0. The molecule has 0 N–H and O–H groups in total. The summed E-state index contributed by atoms with van der Waals surface area (Å²) >= 11 is 0. The summed E-state index contributed by atoms with van der Waals surface area (Å²) < 4.78 is 2.03. The molecule has 2 rings (SSSR count). The van der Waals surface area contributed by atoms with Crippen LogP contribution in [0.25, 0.3) is 11.2 Å². The Morgan fingerprint density at radius 2 is 2.38 bits per heavy atom. The van der Waals surface area contributed by atoms with Crippen LogP contribution >= 0.6 is 0 Å². The minimum Gasteiger partial charge on any atom is -0.324 e. The Balaban J connectivity index is 2.35. The third-order valence-corrected chi connectivity index (χ3v) is 1.96. The van der Waals surface area contributed by atoms with Crippen molar-refractivity contribution in [3.8, 4) is 0 Å². The molecular formula is C10H12N3. The predicted octanol–water partition coefficient (Wildman–Crippen LogP) is 2.24. The average Bonchev–Trinajstić information content (AvgIpc) is 2.58. The standard InChI is InChI=1S/C10H12N3/c1-2-3-7-13-8-12-10-9(13)5-4-6-11-10/h4-8H,2-3H2,1H3. The van der Waals surface area contributed by atoms with Crippen molar-refractivity contribution in [3.05, 3.63) is 31.2 Å². The van der Waals surface area contributed by atoms with E-state index in [2.05, 4.69) is 23.4 Å². The smallest absolute Gasteiger partial charge is 0.177 e. The summed E-state index contributed by atoms with van der Waals surface area (Å²) in [6.07, 6.45) is 5.80. The molecule has 0 spiro atoms. The van der Waals surface area contributed by atoms with Crippen LogP contribution in [0.15, 0.2) is 24.7 Å². The van der Waals surface area contributed by atoms with E-state index in [4.69, 9.17) is 0 Å². The van der Waals surface area contributed by atoms with E-state index in [1.54, 1.807) is 6.20 Å². The zero-order valence-corrected chi connectivity index (χ0v) is 7.64. The molecule has 2 aromatic heterocycles. The lowest BCUT2D eigenvalue weighted by Gasteiger charge is -1.99. The van der Waals surface area contributed by atoms with Gasteiger partial charge in [0, 0.05) is 6.20 Å². The lowest BCUT2D eigenvalue weighted by atomic mass is 10.3. The molecule has 0 amide bonds. The maximum atomic E-state index is 4.19. The van der Waals surface area contributed by atoms with Crippen LogP contribution in [0.4, 0.5) is 0 Å². The first-order valence-electron chi connectivity index (χ1n) is 4.52. The first kappa shape index (κ1) is 8.23. The molecule has 0 aliphatic carbocycles. The first-order chi connectivity index (χ1) is 6.42. The number of imidazole rings is 1. The third-order valence-electron chi connectivity index (χ3n) is 1.96. The predicted molar refractivity (Wildman–Crippen MR) is 52.1 cm³/mol. The lowest BCUT2D eigenvalue weighted by Crippen LogP contribution is -1.91. The van der Waals surface area contributed by atoms with Crippen LogP contribution in [-0.4, -0.2) is 14.5 Å². The number of hydrogen-bond acceptors (Lipinski definition) is 2. The largest absolute Gasteiger partial charge is 0.324 e. The molecule has 13 heavy (non-hydrogen) atoms. The molecule has 2 heterocycles. The summed E-state index contributed by atoms with van der Waals surface area (Å²) in [7, 11) is 0. The molecule has 1 radical (unpaired) electrons. The summed E-state index contributed by atoms with van der Waals surface area (Å²) in [5, 5.41) is 0. The topological polar surface area (TPSA) is 30.7 Å². The monoisotopic (exact) mass is 174 g/mol. The highest BCUT2D eigenvalue weighted by Gasteiger charge is 2.00. The van der Waals surface area contributed by atoms with Crippen molar-refractivity contribution in [1.29, 1.82) is 0 Å². The summed E-state index contributed by atoms with van der Waals surface area (Å²) in [6, 6.07) is 3.96. The Hall–Kier alpha value is -1.38. The van der Waals surface area contributed by atoms with E-state index in [9.17, 15) is 0 Å². The fourth-order valence-electron chi connectivity index (χ4n) is 1.28. The van der Waals surface area contributed by atoms with E-state index in [0.717, 1.165) is 24.0 Å². The van der Waals surface area contributed by atoms with Gasteiger partial charge in [-0.2, -0.15) is 0 Å². The van der Waals surface area contributed by atoms with Crippen molar-refractivity contribution >= 4 is 11.2 Å². The van der Waals surface area contributed by atoms with Crippen molar-refractivity contribution in [2.45, 2.75) is 19.8 Å². The molecule has 67 valence electrons. The quantitative estimate of drug-likeness (QED) is 0.714. The minimum atomic E-state index is 0.815. The maximum Gasteiger partial charge on any atom is 0.177 e. The lowest BCUT2D eigenvalue weighted by molar-refractivity contribution is 0.811. The third kappa shape index (κ3) is 1.54. The molecule has 3 heteroatoms. The molecule has 0 aliphatic rings. The maximum absolute atomic E-state index is 4.19. The van der Waals surface area contributed by atoms with Crippen LogP contribution in [-0.2, 0) is 0 Å². The fourth-order valence-corrected chi connectivity index (χ4v) is 1.28. The van der Waals surface area contributed by atoms with E-state index in [-0.39, 0.29) is 0 Å². The fraction of sp³-hybridized carbons (Fsp3) is 0.300. The average molecular weight is 174 g/mol. The van der Waals surface area contributed by atoms with Crippen LogP contribution < -0.4 is 0 Å². The van der Waals surface area contributed by atoms with Gasteiger partial charge in [-0.15, -0.1) is 0 Å². The highest BCUT2D eigenvalue weighted by atomic mass is 15.1. The molecular weight excluding hydrogens is 162 g/mol.